The Morgan fingerprint density at radius 2 is 1.95 bits per heavy atom. The second-order valence-corrected chi connectivity index (χ2v) is 4.47. The summed E-state index contributed by atoms with van der Waals surface area (Å²) in [6.45, 7) is 0.786. The first-order chi connectivity index (χ1) is 9.69. The Hall–Kier alpha value is -2.49. The summed E-state index contributed by atoms with van der Waals surface area (Å²) in [5.41, 5.74) is 7.89. The van der Waals surface area contributed by atoms with Gasteiger partial charge in [0.25, 0.3) is 0 Å². The van der Waals surface area contributed by atoms with Gasteiger partial charge in [0.2, 0.25) is 5.91 Å². The van der Waals surface area contributed by atoms with Crippen molar-refractivity contribution in [1.29, 1.82) is 0 Å². The van der Waals surface area contributed by atoms with Crippen LogP contribution in [0.5, 0.6) is 5.75 Å². The first-order valence-corrected chi connectivity index (χ1v) is 6.46. The molecule has 0 saturated carbocycles. The molecule has 0 heterocycles. The maximum Gasteiger partial charge on any atom is 0.248 e. The van der Waals surface area contributed by atoms with E-state index in [4.69, 9.17) is 10.5 Å². The summed E-state index contributed by atoms with van der Waals surface area (Å²) >= 11 is 0. The number of carbonyl (C=O) groups excluding carboxylic acids is 1. The highest BCUT2D eigenvalue weighted by molar-refractivity contribution is 5.93. The average Bonchev–Trinajstić information content (AvgIpc) is 2.48. The van der Waals surface area contributed by atoms with Gasteiger partial charge in [0.05, 0.1) is 7.11 Å². The van der Waals surface area contributed by atoms with E-state index in [1.807, 2.05) is 36.4 Å². The van der Waals surface area contributed by atoms with Crippen LogP contribution >= 0.6 is 0 Å². The zero-order valence-corrected chi connectivity index (χ0v) is 11.4. The molecule has 104 valence electrons. The summed E-state index contributed by atoms with van der Waals surface area (Å²) in [7, 11) is 1.66. The normalized spacial score (nSPS) is 10.1. The van der Waals surface area contributed by atoms with Gasteiger partial charge in [-0.25, -0.2) is 0 Å². The van der Waals surface area contributed by atoms with Crippen molar-refractivity contribution >= 4 is 11.6 Å². The van der Waals surface area contributed by atoms with E-state index in [-0.39, 0.29) is 0 Å². The Balaban J connectivity index is 1.88. The largest absolute Gasteiger partial charge is 0.497 e. The number of methoxy groups -OCH3 is 1. The van der Waals surface area contributed by atoms with Gasteiger partial charge >= 0.3 is 0 Å². The number of carbonyl (C=O) groups is 1. The summed E-state index contributed by atoms with van der Waals surface area (Å²) in [5, 5.41) is 3.28. The van der Waals surface area contributed by atoms with Crippen LogP contribution in [0.15, 0.2) is 48.5 Å². The van der Waals surface area contributed by atoms with Crippen LogP contribution in [0.3, 0.4) is 0 Å². The average molecular weight is 270 g/mol. The van der Waals surface area contributed by atoms with Crippen molar-refractivity contribution in [2.24, 2.45) is 5.73 Å². The standard InChI is InChI=1S/C16H18N2O2/c1-20-15-7-5-12(6-8-15)9-10-18-14-4-2-3-13(11-14)16(17)19/h2-8,11,18H,9-10H2,1H3,(H2,17,19). The second kappa shape index (κ2) is 6.61. The first kappa shape index (κ1) is 13.9. The minimum absolute atomic E-state index is 0.413. The van der Waals surface area contributed by atoms with Crippen LogP contribution in [0.1, 0.15) is 15.9 Å². The summed E-state index contributed by atoms with van der Waals surface area (Å²) in [4.78, 5) is 11.1. The Morgan fingerprint density at radius 3 is 2.60 bits per heavy atom. The summed E-state index contributed by atoms with van der Waals surface area (Å²) in [6, 6.07) is 15.2. The topological polar surface area (TPSA) is 64.3 Å². The van der Waals surface area contributed by atoms with Gasteiger partial charge in [0.1, 0.15) is 5.75 Å². The molecule has 0 aliphatic carbocycles. The zero-order chi connectivity index (χ0) is 14.4. The second-order valence-electron chi connectivity index (χ2n) is 4.47. The third kappa shape index (κ3) is 3.75. The molecule has 0 spiro atoms. The van der Waals surface area contributed by atoms with Crippen LogP contribution in [0, 0.1) is 0 Å². The molecule has 0 unspecified atom stereocenters. The van der Waals surface area contributed by atoms with Crippen molar-refractivity contribution in [3.8, 4) is 5.75 Å². The highest BCUT2D eigenvalue weighted by Gasteiger charge is 2.01. The number of rotatable bonds is 6. The van der Waals surface area contributed by atoms with Crippen LogP contribution < -0.4 is 15.8 Å². The van der Waals surface area contributed by atoms with Crippen molar-refractivity contribution in [3.05, 3.63) is 59.7 Å². The van der Waals surface area contributed by atoms with Crippen LogP contribution in [0.25, 0.3) is 0 Å². The van der Waals surface area contributed by atoms with E-state index in [1.54, 1.807) is 19.2 Å². The van der Waals surface area contributed by atoms with E-state index in [9.17, 15) is 4.79 Å². The molecule has 0 fully saturated rings. The van der Waals surface area contributed by atoms with Crippen LogP contribution in [0.2, 0.25) is 0 Å². The lowest BCUT2D eigenvalue weighted by molar-refractivity contribution is 0.100. The number of amides is 1. The molecule has 0 radical (unpaired) electrons. The summed E-state index contributed by atoms with van der Waals surface area (Å²) < 4.78 is 5.12. The van der Waals surface area contributed by atoms with Gasteiger partial charge in [-0.2, -0.15) is 0 Å². The molecule has 1 amide bonds. The predicted octanol–water partition coefficient (Wildman–Crippen LogP) is 2.45. The van der Waals surface area contributed by atoms with Gasteiger partial charge in [-0.3, -0.25) is 4.79 Å². The van der Waals surface area contributed by atoms with Crippen molar-refractivity contribution in [2.45, 2.75) is 6.42 Å². The van der Waals surface area contributed by atoms with E-state index in [0.29, 0.717) is 5.56 Å². The van der Waals surface area contributed by atoms with E-state index in [0.717, 1.165) is 24.4 Å². The van der Waals surface area contributed by atoms with E-state index in [2.05, 4.69) is 5.32 Å². The SMILES string of the molecule is COc1ccc(CCNc2cccc(C(N)=O)c2)cc1. The molecule has 0 aromatic heterocycles. The molecule has 0 bridgehead atoms. The van der Waals surface area contributed by atoms with Crippen LogP contribution in [-0.4, -0.2) is 19.6 Å². The lowest BCUT2D eigenvalue weighted by Gasteiger charge is -2.08. The van der Waals surface area contributed by atoms with Gasteiger partial charge in [-0.1, -0.05) is 18.2 Å². The molecule has 20 heavy (non-hydrogen) atoms. The maximum absolute atomic E-state index is 11.1. The van der Waals surface area contributed by atoms with Gasteiger partial charge in [0, 0.05) is 17.8 Å². The molecule has 0 aliphatic rings. The fourth-order valence-corrected chi connectivity index (χ4v) is 1.93. The lowest BCUT2D eigenvalue weighted by Crippen LogP contribution is -2.11. The zero-order valence-electron chi connectivity index (χ0n) is 11.4. The predicted molar refractivity (Wildman–Crippen MR) is 80.1 cm³/mol. The number of ether oxygens (including phenoxy) is 1. The summed E-state index contributed by atoms with van der Waals surface area (Å²) in [5.74, 6) is 0.444. The third-order valence-corrected chi connectivity index (χ3v) is 3.05. The number of nitrogens with two attached hydrogens (primary N) is 1. The van der Waals surface area contributed by atoms with Crippen molar-refractivity contribution in [2.75, 3.05) is 19.0 Å². The van der Waals surface area contributed by atoms with Crippen LogP contribution in [0.4, 0.5) is 5.69 Å². The monoisotopic (exact) mass is 270 g/mol. The van der Waals surface area contributed by atoms with Crippen molar-refractivity contribution < 1.29 is 9.53 Å². The Morgan fingerprint density at radius 1 is 1.20 bits per heavy atom. The molecule has 2 aromatic carbocycles. The highest BCUT2D eigenvalue weighted by atomic mass is 16.5. The van der Waals surface area contributed by atoms with E-state index in [1.165, 1.54) is 5.56 Å². The number of nitrogens with one attached hydrogen (secondary N) is 1. The molecule has 2 aromatic rings. The van der Waals surface area contributed by atoms with Gasteiger partial charge < -0.3 is 15.8 Å². The Labute approximate surface area is 118 Å². The smallest absolute Gasteiger partial charge is 0.248 e. The molecule has 4 nitrogen and oxygen atoms in total. The van der Waals surface area contributed by atoms with E-state index >= 15 is 0 Å². The fraction of sp³-hybridized carbons (Fsp3) is 0.188. The Kier molecular flexibility index (Phi) is 4.60. The minimum Gasteiger partial charge on any atom is -0.497 e. The number of primary amides is 1. The van der Waals surface area contributed by atoms with Gasteiger partial charge in [0.15, 0.2) is 0 Å². The molecular formula is C16H18N2O2. The third-order valence-electron chi connectivity index (χ3n) is 3.05. The molecule has 3 N–H and O–H groups in total. The molecule has 0 aliphatic heterocycles. The number of hydrogen-bond donors (Lipinski definition) is 2. The summed E-state index contributed by atoms with van der Waals surface area (Å²) in [6.07, 6.45) is 0.894. The molecule has 4 heteroatoms. The van der Waals surface area contributed by atoms with E-state index < -0.39 is 5.91 Å². The number of hydrogen-bond acceptors (Lipinski definition) is 3. The van der Waals surface area contributed by atoms with Gasteiger partial charge in [-0.05, 0) is 42.3 Å². The lowest BCUT2D eigenvalue weighted by atomic mass is 10.1. The highest BCUT2D eigenvalue weighted by Crippen LogP contribution is 2.13. The van der Waals surface area contributed by atoms with Crippen LogP contribution in [-0.2, 0) is 6.42 Å². The minimum atomic E-state index is -0.413. The first-order valence-electron chi connectivity index (χ1n) is 6.46. The number of anilines is 1. The fourth-order valence-electron chi connectivity index (χ4n) is 1.93. The van der Waals surface area contributed by atoms with Gasteiger partial charge in [-0.15, -0.1) is 0 Å². The Bertz CT molecular complexity index is 579. The number of benzene rings is 2. The maximum atomic E-state index is 11.1. The van der Waals surface area contributed by atoms with Crippen molar-refractivity contribution in [1.82, 2.24) is 0 Å². The molecule has 0 atom stereocenters. The molecular weight excluding hydrogens is 252 g/mol. The quantitative estimate of drug-likeness (QED) is 0.847. The van der Waals surface area contributed by atoms with Crippen molar-refractivity contribution in [3.63, 3.8) is 0 Å². The molecule has 2 rings (SSSR count). The molecule has 0 saturated heterocycles.